The molecule has 0 aliphatic rings. The van der Waals surface area contributed by atoms with Crippen LogP contribution in [0.2, 0.25) is 0 Å². The van der Waals surface area contributed by atoms with Crippen molar-refractivity contribution in [3.8, 4) is 0 Å². The van der Waals surface area contributed by atoms with E-state index in [-0.39, 0.29) is 30.2 Å². The van der Waals surface area contributed by atoms with Gasteiger partial charge in [0.2, 0.25) is 5.91 Å². The smallest absolute Gasteiger partial charge is 0.236 e. The number of rotatable bonds is 9. The summed E-state index contributed by atoms with van der Waals surface area (Å²) < 4.78 is 13.1. The van der Waals surface area contributed by atoms with Gasteiger partial charge in [-0.15, -0.1) is 12.4 Å². The van der Waals surface area contributed by atoms with Gasteiger partial charge in [0.05, 0.1) is 12.6 Å². The summed E-state index contributed by atoms with van der Waals surface area (Å²) in [5, 5.41) is 0. The second-order valence-corrected chi connectivity index (χ2v) is 6.53. The van der Waals surface area contributed by atoms with Crippen LogP contribution in [0.3, 0.4) is 0 Å². The van der Waals surface area contributed by atoms with E-state index in [9.17, 15) is 9.18 Å². The highest BCUT2D eigenvalue weighted by Crippen LogP contribution is 2.19. The lowest BCUT2D eigenvalue weighted by Gasteiger charge is -2.29. The van der Waals surface area contributed by atoms with Gasteiger partial charge in [-0.3, -0.25) is 9.69 Å². The number of nitrogens with two attached hydrogens (primary N) is 1. The second-order valence-electron chi connectivity index (χ2n) is 6.53. The number of amides is 1. The van der Waals surface area contributed by atoms with Crippen molar-refractivity contribution in [3.05, 3.63) is 71.5 Å². The summed E-state index contributed by atoms with van der Waals surface area (Å²) in [5.74, 6) is -0.242. The first-order valence-corrected chi connectivity index (χ1v) is 8.98. The third-order valence-electron chi connectivity index (χ3n) is 4.69. The molecule has 0 saturated heterocycles. The van der Waals surface area contributed by atoms with Gasteiger partial charge in [0.1, 0.15) is 5.82 Å². The lowest BCUT2D eigenvalue weighted by atomic mass is 10.1. The molecule has 4 nitrogen and oxygen atoms in total. The van der Waals surface area contributed by atoms with E-state index in [4.69, 9.17) is 5.73 Å². The zero-order valence-corrected chi connectivity index (χ0v) is 16.8. The fourth-order valence-electron chi connectivity index (χ4n) is 2.87. The number of likely N-dealkylation sites (N-methyl/N-ethyl adjacent to an activating group) is 1. The maximum Gasteiger partial charge on any atom is 0.236 e. The molecule has 0 radical (unpaired) electrons. The summed E-state index contributed by atoms with van der Waals surface area (Å²) in [6.07, 6.45) is 0.880. The quantitative estimate of drug-likeness (QED) is 0.711. The molecule has 2 rings (SSSR count). The molecular formula is C21H29ClFN3O. The summed E-state index contributed by atoms with van der Waals surface area (Å²) in [6, 6.07) is 16.4. The Balaban J connectivity index is 0.00000364. The first-order valence-electron chi connectivity index (χ1n) is 8.98. The van der Waals surface area contributed by atoms with Crippen LogP contribution < -0.4 is 5.73 Å². The summed E-state index contributed by atoms with van der Waals surface area (Å²) in [5.41, 5.74) is 7.87. The molecule has 1 unspecified atom stereocenters. The summed E-state index contributed by atoms with van der Waals surface area (Å²) in [4.78, 5) is 16.5. The van der Waals surface area contributed by atoms with Gasteiger partial charge in [-0.2, -0.15) is 0 Å². The summed E-state index contributed by atoms with van der Waals surface area (Å²) >= 11 is 0. The first-order chi connectivity index (χ1) is 12.5. The molecule has 6 heteroatoms. The minimum Gasteiger partial charge on any atom is -0.338 e. The Hall–Kier alpha value is -1.95. The van der Waals surface area contributed by atoms with Gasteiger partial charge in [-0.1, -0.05) is 42.5 Å². The Morgan fingerprint density at radius 1 is 1.07 bits per heavy atom. The van der Waals surface area contributed by atoms with Crippen molar-refractivity contribution in [2.75, 3.05) is 33.2 Å². The second kappa shape index (κ2) is 11.7. The van der Waals surface area contributed by atoms with Crippen molar-refractivity contribution in [1.82, 2.24) is 9.80 Å². The van der Waals surface area contributed by atoms with Crippen LogP contribution in [0.1, 0.15) is 24.1 Å². The molecule has 2 N–H and O–H groups in total. The summed E-state index contributed by atoms with van der Waals surface area (Å²) in [6.45, 7) is 4.25. The standard InChI is InChI=1S/C21H28FN3O.ClH/c1-17(19-8-10-20(22)11-9-19)24(2)21(26)16-25(15-13-23)14-12-18-6-4-3-5-7-18;/h3-11,17H,12-16,23H2,1-2H3;1H. The molecule has 0 heterocycles. The van der Waals surface area contributed by atoms with Crippen LogP contribution in [0, 0.1) is 5.82 Å². The molecule has 2 aromatic carbocycles. The van der Waals surface area contributed by atoms with E-state index in [1.807, 2.05) is 25.1 Å². The molecule has 0 aromatic heterocycles. The van der Waals surface area contributed by atoms with Crippen LogP contribution in [-0.4, -0.2) is 48.9 Å². The highest BCUT2D eigenvalue weighted by atomic mass is 35.5. The molecule has 27 heavy (non-hydrogen) atoms. The van der Waals surface area contributed by atoms with E-state index in [2.05, 4.69) is 17.0 Å². The Morgan fingerprint density at radius 2 is 1.70 bits per heavy atom. The normalized spacial score (nSPS) is 11.7. The number of halogens is 2. The van der Waals surface area contributed by atoms with E-state index in [1.54, 1.807) is 24.1 Å². The van der Waals surface area contributed by atoms with Crippen LogP contribution in [0.4, 0.5) is 4.39 Å². The highest BCUT2D eigenvalue weighted by molar-refractivity contribution is 5.85. The number of hydrogen-bond donors (Lipinski definition) is 1. The molecule has 2 aromatic rings. The SMILES string of the molecule is CC(c1ccc(F)cc1)N(C)C(=O)CN(CCN)CCc1ccccc1.Cl. The Morgan fingerprint density at radius 3 is 2.30 bits per heavy atom. The van der Waals surface area contributed by atoms with Crippen LogP contribution in [0.5, 0.6) is 0 Å². The predicted molar refractivity (Wildman–Crippen MR) is 110 cm³/mol. The third kappa shape index (κ3) is 7.29. The average Bonchev–Trinajstić information content (AvgIpc) is 2.66. The van der Waals surface area contributed by atoms with Gasteiger partial charge in [0.15, 0.2) is 0 Å². The van der Waals surface area contributed by atoms with Gasteiger partial charge in [-0.25, -0.2) is 4.39 Å². The Kier molecular flexibility index (Phi) is 10.0. The van der Waals surface area contributed by atoms with Crippen LogP contribution in [-0.2, 0) is 11.2 Å². The molecule has 148 valence electrons. The van der Waals surface area contributed by atoms with Crippen molar-refractivity contribution < 1.29 is 9.18 Å². The van der Waals surface area contributed by atoms with Crippen molar-refractivity contribution >= 4 is 18.3 Å². The minimum atomic E-state index is -0.273. The van der Waals surface area contributed by atoms with Gasteiger partial charge >= 0.3 is 0 Å². The van der Waals surface area contributed by atoms with Gasteiger partial charge in [0.25, 0.3) is 0 Å². The maximum absolute atomic E-state index is 13.1. The van der Waals surface area contributed by atoms with Gasteiger partial charge in [-0.05, 0) is 36.6 Å². The molecule has 0 aliphatic carbocycles. The summed E-state index contributed by atoms with van der Waals surface area (Å²) in [7, 11) is 1.79. The van der Waals surface area contributed by atoms with Crippen molar-refractivity contribution in [2.45, 2.75) is 19.4 Å². The van der Waals surface area contributed by atoms with Crippen LogP contribution >= 0.6 is 12.4 Å². The lowest BCUT2D eigenvalue weighted by Crippen LogP contribution is -2.42. The monoisotopic (exact) mass is 393 g/mol. The predicted octanol–water partition coefficient (Wildman–Crippen LogP) is 3.27. The topological polar surface area (TPSA) is 49.6 Å². The lowest BCUT2D eigenvalue weighted by molar-refractivity contribution is -0.133. The number of carbonyl (C=O) groups excluding carboxylic acids is 1. The van der Waals surface area contributed by atoms with Crippen LogP contribution in [0.25, 0.3) is 0 Å². The first kappa shape index (κ1) is 23.1. The average molecular weight is 394 g/mol. The van der Waals surface area contributed by atoms with Gasteiger partial charge in [0, 0.05) is 26.7 Å². The van der Waals surface area contributed by atoms with Crippen LogP contribution in [0.15, 0.2) is 54.6 Å². The largest absolute Gasteiger partial charge is 0.338 e. The molecule has 0 spiro atoms. The molecule has 0 aliphatic heterocycles. The van der Waals surface area contributed by atoms with Crippen molar-refractivity contribution in [3.63, 3.8) is 0 Å². The zero-order chi connectivity index (χ0) is 18.9. The van der Waals surface area contributed by atoms with E-state index >= 15 is 0 Å². The molecule has 1 atom stereocenters. The molecule has 0 saturated carbocycles. The Labute approximate surface area is 167 Å². The Bertz CT molecular complexity index is 682. The fraction of sp³-hybridized carbons (Fsp3) is 0.381. The highest BCUT2D eigenvalue weighted by Gasteiger charge is 2.19. The van der Waals surface area contributed by atoms with Crippen molar-refractivity contribution in [2.24, 2.45) is 5.73 Å². The van der Waals surface area contributed by atoms with E-state index in [0.717, 1.165) is 18.5 Å². The minimum absolute atomic E-state index is 0. The number of benzene rings is 2. The third-order valence-corrected chi connectivity index (χ3v) is 4.69. The number of nitrogens with zero attached hydrogens (tertiary/aromatic N) is 2. The number of carbonyl (C=O) groups is 1. The van der Waals surface area contributed by atoms with E-state index < -0.39 is 0 Å². The molecule has 1 amide bonds. The maximum atomic E-state index is 13.1. The van der Waals surface area contributed by atoms with Gasteiger partial charge < -0.3 is 10.6 Å². The van der Waals surface area contributed by atoms with Crippen molar-refractivity contribution in [1.29, 1.82) is 0 Å². The fourth-order valence-corrected chi connectivity index (χ4v) is 2.87. The zero-order valence-electron chi connectivity index (χ0n) is 16.0. The molecular weight excluding hydrogens is 365 g/mol. The molecule has 0 fully saturated rings. The molecule has 0 bridgehead atoms. The van der Waals surface area contributed by atoms with E-state index in [1.165, 1.54) is 17.7 Å². The van der Waals surface area contributed by atoms with E-state index in [0.29, 0.717) is 19.6 Å². The number of hydrogen-bond acceptors (Lipinski definition) is 3.